The van der Waals surface area contributed by atoms with E-state index in [4.69, 9.17) is 0 Å². The van der Waals surface area contributed by atoms with Crippen LogP contribution in [0.25, 0.3) is 22.2 Å². The predicted octanol–water partition coefficient (Wildman–Crippen LogP) is 3.58. The Morgan fingerprint density at radius 1 is 1.04 bits per heavy atom. The molecule has 5 heteroatoms. The highest BCUT2D eigenvalue weighted by molar-refractivity contribution is 6.07. The Kier molecular flexibility index (Phi) is 5.59. The highest BCUT2D eigenvalue weighted by Crippen LogP contribution is 2.24. The lowest BCUT2D eigenvalue weighted by Gasteiger charge is -2.10. The van der Waals surface area contributed by atoms with E-state index in [0.717, 1.165) is 22.2 Å². The number of carbonyl (C=O) groups excluding carboxylic acids is 2. The van der Waals surface area contributed by atoms with E-state index in [1.165, 1.54) is 7.11 Å². The highest BCUT2D eigenvalue weighted by Gasteiger charge is 2.13. The van der Waals surface area contributed by atoms with E-state index in [-0.39, 0.29) is 18.3 Å². The largest absolute Gasteiger partial charge is 0.469 e. The summed E-state index contributed by atoms with van der Waals surface area (Å²) in [6.45, 7) is 0.408. The molecule has 132 valence electrons. The number of carbonyl (C=O) groups is 2. The maximum absolute atomic E-state index is 12.7. The summed E-state index contributed by atoms with van der Waals surface area (Å²) >= 11 is 0. The fourth-order valence-electron chi connectivity index (χ4n) is 2.75. The standard InChI is InChI=1S/C21H20N2O3/c1-26-20(24)12-7-13-22-21(25)17-14-19(15-8-3-2-4-9-15)23-18-11-6-5-10-16(17)18/h2-6,8-11,14H,7,12-13H2,1H3,(H,22,25). The average Bonchev–Trinajstić information content (AvgIpc) is 2.70. The second kappa shape index (κ2) is 8.25. The van der Waals surface area contributed by atoms with Crippen molar-refractivity contribution in [2.24, 2.45) is 0 Å². The van der Waals surface area contributed by atoms with E-state index in [2.05, 4.69) is 15.0 Å². The zero-order chi connectivity index (χ0) is 18.4. The van der Waals surface area contributed by atoms with Crippen molar-refractivity contribution in [3.8, 4) is 11.3 Å². The van der Waals surface area contributed by atoms with Gasteiger partial charge in [0.25, 0.3) is 5.91 Å². The van der Waals surface area contributed by atoms with Crippen molar-refractivity contribution in [1.29, 1.82) is 0 Å². The van der Waals surface area contributed by atoms with Gasteiger partial charge in [-0.3, -0.25) is 9.59 Å². The molecule has 1 aromatic heterocycles. The summed E-state index contributed by atoms with van der Waals surface area (Å²) in [4.78, 5) is 28.5. The van der Waals surface area contributed by atoms with Crippen LogP contribution in [0.4, 0.5) is 0 Å². The Bertz CT molecular complexity index is 923. The number of para-hydroxylation sites is 1. The summed E-state index contributed by atoms with van der Waals surface area (Å²) < 4.78 is 4.60. The number of amides is 1. The molecule has 3 aromatic rings. The van der Waals surface area contributed by atoms with Crippen LogP contribution in [0.5, 0.6) is 0 Å². The Morgan fingerprint density at radius 2 is 1.77 bits per heavy atom. The molecule has 1 amide bonds. The van der Waals surface area contributed by atoms with Crippen LogP contribution >= 0.6 is 0 Å². The molecule has 0 radical (unpaired) electrons. The first-order valence-electron chi connectivity index (χ1n) is 8.49. The summed E-state index contributed by atoms with van der Waals surface area (Å²) in [6.07, 6.45) is 0.816. The molecule has 0 aliphatic carbocycles. The fourth-order valence-corrected chi connectivity index (χ4v) is 2.75. The molecule has 0 fully saturated rings. The smallest absolute Gasteiger partial charge is 0.305 e. The summed E-state index contributed by atoms with van der Waals surface area (Å²) in [6, 6.07) is 19.2. The molecule has 5 nitrogen and oxygen atoms in total. The molecular formula is C21H20N2O3. The number of pyridine rings is 1. The molecule has 0 bridgehead atoms. The van der Waals surface area contributed by atoms with Gasteiger partial charge < -0.3 is 10.1 Å². The topological polar surface area (TPSA) is 68.3 Å². The summed E-state index contributed by atoms with van der Waals surface area (Å²) in [5, 5.41) is 3.68. The molecule has 0 spiro atoms. The third-order valence-electron chi connectivity index (χ3n) is 4.10. The Morgan fingerprint density at radius 3 is 2.54 bits per heavy atom. The first kappa shape index (κ1) is 17.6. The van der Waals surface area contributed by atoms with Gasteiger partial charge in [0.15, 0.2) is 0 Å². The minimum absolute atomic E-state index is 0.175. The van der Waals surface area contributed by atoms with Crippen molar-refractivity contribution in [2.45, 2.75) is 12.8 Å². The second-order valence-corrected chi connectivity index (χ2v) is 5.87. The molecular weight excluding hydrogens is 328 g/mol. The van der Waals surface area contributed by atoms with Gasteiger partial charge in [0.05, 0.1) is 23.9 Å². The van der Waals surface area contributed by atoms with E-state index in [0.29, 0.717) is 18.5 Å². The van der Waals surface area contributed by atoms with Gasteiger partial charge in [0.2, 0.25) is 0 Å². The maximum Gasteiger partial charge on any atom is 0.305 e. The van der Waals surface area contributed by atoms with Crippen LogP contribution in [0, 0.1) is 0 Å². The van der Waals surface area contributed by atoms with Crippen LogP contribution in [0.2, 0.25) is 0 Å². The van der Waals surface area contributed by atoms with Gasteiger partial charge in [0.1, 0.15) is 0 Å². The van der Waals surface area contributed by atoms with Crippen molar-refractivity contribution in [3.05, 3.63) is 66.2 Å². The van der Waals surface area contributed by atoms with Crippen LogP contribution in [-0.2, 0) is 9.53 Å². The molecule has 0 saturated heterocycles. The highest BCUT2D eigenvalue weighted by atomic mass is 16.5. The number of aromatic nitrogens is 1. The van der Waals surface area contributed by atoms with Gasteiger partial charge in [-0.1, -0.05) is 48.5 Å². The number of ether oxygens (including phenoxy) is 1. The number of esters is 1. The molecule has 1 heterocycles. The molecule has 2 aromatic carbocycles. The molecule has 26 heavy (non-hydrogen) atoms. The number of hydrogen-bond donors (Lipinski definition) is 1. The predicted molar refractivity (Wildman–Crippen MR) is 101 cm³/mol. The number of fused-ring (bicyclic) bond motifs is 1. The van der Waals surface area contributed by atoms with E-state index >= 15 is 0 Å². The monoisotopic (exact) mass is 348 g/mol. The van der Waals surface area contributed by atoms with Gasteiger partial charge >= 0.3 is 5.97 Å². The molecule has 3 rings (SSSR count). The number of nitrogens with one attached hydrogen (secondary N) is 1. The summed E-state index contributed by atoms with van der Waals surface area (Å²) in [7, 11) is 1.36. The molecule has 0 aliphatic heterocycles. The molecule has 0 saturated carbocycles. The van der Waals surface area contributed by atoms with E-state index < -0.39 is 0 Å². The van der Waals surface area contributed by atoms with Crippen molar-refractivity contribution >= 4 is 22.8 Å². The number of nitrogens with zero attached hydrogens (tertiary/aromatic N) is 1. The van der Waals surface area contributed by atoms with Crippen LogP contribution < -0.4 is 5.32 Å². The summed E-state index contributed by atoms with van der Waals surface area (Å²) in [5.41, 5.74) is 3.06. The third-order valence-corrected chi connectivity index (χ3v) is 4.10. The third kappa shape index (κ3) is 4.06. The van der Waals surface area contributed by atoms with E-state index in [9.17, 15) is 9.59 Å². The maximum atomic E-state index is 12.7. The zero-order valence-electron chi connectivity index (χ0n) is 14.6. The van der Waals surface area contributed by atoms with Crippen molar-refractivity contribution < 1.29 is 14.3 Å². The first-order chi connectivity index (χ1) is 12.7. The molecule has 1 N–H and O–H groups in total. The lowest BCUT2D eigenvalue weighted by atomic mass is 10.0. The van der Waals surface area contributed by atoms with E-state index in [1.807, 2.05) is 60.7 Å². The molecule has 0 aliphatic rings. The molecule has 0 atom stereocenters. The molecule has 0 unspecified atom stereocenters. The quantitative estimate of drug-likeness (QED) is 0.546. The van der Waals surface area contributed by atoms with Gasteiger partial charge in [0, 0.05) is 23.9 Å². The van der Waals surface area contributed by atoms with Gasteiger partial charge in [-0.2, -0.15) is 0 Å². The van der Waals surface area contributed by atoms with E-state index in [1.54, 1.807) is 0 Å². The van der Waals surface area contributed by atoms with Crippen molar-refractivity contribution in [1.82, 2.24) is 10.3 Å². The Hall–Kier alpha value is -3.21. The fraction of sp³-hybridized carbons (Fsp3) is 0.190. The van der Waals surface area contributed by atoms with Crippen molar-refractivity contribution in [3.63, 3.8) is 0 Å². The number of rotatable bonds is 6. The van der Waals surface area contributed by atoms with Gasteiger partial charge in [-0.15, -0.1) is 0 Å². The Balaban J connectivity index is 1.86. The van der Waals surface area contributed by atoms with Gasteiger partial charge in [-0.25, -0.2) is 4.98 Å². The zero-order valence-corrected chi connectivity index (χ0v) is 14.6. The normalized spacial score (nSPS) is 10.5. The van der Waals surface area contributed by atoms with Crippen LogP contribution in [-0.4, -0.2) is 30.5 Å². The minimum Gasteiger partial charge on any atom is -0.469 e. The number of methoxy groups -OCH3 is 1. The number of hydrogen-bond acceptors (Lipinski definition) is 4. The SMILES string of the molecule is COC(=O)CCCNC(=O)c1cc(-c2ccccc2)nc2ccccc12. The first-order valence-corrected chi connectivity index (χ1v) is 8.49. The lowest BCUT2D eigenvalue weighted by Crippen LogP contribution is -2.25. The van der Waals surface area contributed by atoms with Crippen LogP contribution in [0.1, 0.15) is 23.2 Å². The minimum atomic E-state index is -0.278. The lowest BCUT2D eigenvalue weighted by molar-refractivity contribution is -0.140. The van der Waals surface area contributed by atoms with Gasteiger partial charge in [-0.05, 0) is 18.6 Å². The second-order valence-electron chi connectivity index (χ2n) is 5.87. The van der Waals surface area contributed by atoms with Crippen LogP contribution in [0.3, 0.4) is 0 Å². The summed E-state index contributed by atoms with van der Waals surface area (Å²) in [5.74, 6) is -0.453. The van der Waals surface area contributed by atoms with Crippen LogP contribution in [0.15, 0.2) is 60.7 Å². The number of benzene rings is 2. The van der Waals surface area contributed by atoms with Crippen molar-refractivity contribution in [2.75, 3.05) is 13.7 Å². The Labute approximate surface area is 152 Å². The average molecular weight is 348 g/mol.